The van der Waals surface area contributed by atoms with Gasteiger partial charge in [0.1, 0.15) is 0 Å². The fourth-order valence-electron chi connectivity index (χ4n) is 1.84. The smallest absolute Gasteiger partial charge is 0.310 e. The molecule has 1 saturated carbocycles. The second-order valence-corrected chi connectivity index (χ2v) is 3.27. The Morgan fingerprint density at radius 1 is 1.60 bits per heavy atom. The number of carbonyl (C=O) groups is 1. The molecule has 1 fully saturated rings. The monoisotopic (exact) mass is 138 g/mol. The average Bonchev–Trinajstić information content (AvgIpc) is 2.61. The van der Waals surface area contributed by atoms with Gasteiger partial charge in [0.2, 0.25) is 0 Å². The first-order valence-corrected chi connectivity index (χ1v) is 3.64. The molecule has 54 valence electrons. The van der Waals surface area contributed by atoms with Gasteiger partial charge in [0.15, 0.2) is 0 Å². The number of carboxylic acids is 1. The molecule has 2 aliphatic carbocycles. The topological polar surface area (TPSA) is 37.3 Å². The number of allylic oxidation sites excluding steroid dienone is 2. The Balaban J connectivity index is 2.21. The van der Waals surface area contributed by atoms with Gasteiger partial charge in [-0.2, -0.15) is 0 Å². The van der Waals surface area contributed by atoms with Crippen LogP contribution in [0.25, 0.3) is 0 Å². The highest BCUT2D eigenvalue weighted by molar-refractivity contribution is 5.79. The lowest BCUT2D eigenvalue weighted by atomic mass is 9.94. The Hall–Kier alpha value is -0.790. The molecule has 0 saturated heterocycles. The van der Waals surface area contributed by atoms with Crippen molar-refractivity contribution in [3.05, 3.63) is 12.2 Å². The van der Waals surface area contributed by atoms with Crippen molar-refractivity contribution in [2.45, 2.75) is 19.3 Å². The van der Waals surface area contributed by atoms with Gasteiger partial charge in [-0.05, 0) is 25.2 Å². The number of carboxylic acid groups (broad SMARTS) is 1. The normalized spacial score (nSPS) is 42.6. The summed E-state index contributed by atoms with van der Waals surface area (Å²) in [4.78, 5) is 10.7. The summed E-state index contributed by atoms with van der Waals surface area (Å²) < 4.78 is 0. The van der Waals surface area contributed by atoms with Crippen LogP contribution in [0.15, 0.2) is 12.2 Å². The lowest BCUT2D eigenvalue weighted by Crippen LogP contribution is -2.18. The van der Waals surface area contributed by atoms with Crippen LogP contribution in [0.2, 0.25) is 0 Å². The van der Waals surface area contributed by atoms with Crippen molar-refractivity contribution in [1.82, 2.24) is 0 Å². The van der Waals surface area contributed by atoms with Gasteiger partial charge >= 0.3 is 5.97 Å². The third kappa shape index (κ3) is 0.564. The van der Waals surface area contributed by atoms with E-state index in [1.807, 2.05) is 6.08 Å². The first kappa shape index (κ1) is 5.96. The Labute approximate surface area is 59.5 Å². The van der Waals surface area contributed by atoms with Crippen LogP contribution in [-0.2, 0) is 4.79 Å². The molecule has 10 heavy (non-hydrogen) atoms. The minimum absolute atomic E-state index is 0.325. The second kappa shape index (κ2) is 1.62. The minimum Gasteiger partial charge on any atom is -0.481 e. The molecule has 2 rings (SSSR count). The van der Waals surface area contributed by atoms with E-state index in [0.29, 0.717) is 5.92 Å². The summed E-state index contributed by atoms with van der Waals surface area (Å²) in [6.07, 6.45) is 6.73. The van der Waals surface area contributed by atoms with Gasteiger partial charge < -0.3 is 5.11 Å². The number of aliphatic carboxylic acids is 1. The van der Waals surface area contributed by atoms with E-state index >= 15 is 0 Å². The second-order valence-electron chi connectivity index (χ2n) is 3.27. The number of hydrogen-bond donors (Lipinski definition) is 1. The molecule has 1 N–H and O–H groups in total. The van der Waals surface area contributed by atoms with Crippen molar-refractivity contribution in [1.29, 1.82) is 0 Å². The first-order chi connectivity index (χ1) is 4.76. The Morgan fingerprint density at radius 3 is 2.90 bits per heavy atom. The lowest BCUT2D eigenvalue weighted by Gasteiger charge is -2.11. The maximum atomic E-state index is 10.7. The van der Waals surface area contributed by atoms with Gasteiger partial charge in [-0.3, -0.25) is 4.79 Å². The summed E-state index contributed by atoms with van der Waals surface area (Å²) in [5, 5.41) is 8.81. The van der Waals surface area contributed by atoms with Crippen LogP contribution in [-0.4, -0.2) is 11.1 Å². The minimum atomic E-state index is -0.596. The molecule has 2 nitrogen and oxygen atoms in total. The molecule has 0 aromatic carbocycles. The third-order valence-corrected chi connectivity index (χ3v) is 2.73. The molecule has 0 aromatic heterocycles. The summed E-state index contributed by atoms with van der Waals surface area (Å²) in [6, 6.07) is 0. The Bertz CT molecular complexity index is 207. The van der Waals surface area contributed by atoms with Crippen molar-refractivity contribution < 1.29 is 9.90 Å². The molecule has 0 aromatic rings. The van der Waals surface area contributed by atoms with E-state index in [0.717, 1.165) is 19.3 Å². The van der Waals surface area contributed by atoms with E-state index in [4.69, 9.17) is 5.11 Å². The summed E-state index contributed by atoms with van der Waals surface area (Å²) in [5.41, 5.74) is -0.325. The van der Waals surface area contributed by atoms with Crippen molar-refractivity contribution in [2.24, 2.45) is 11.3 Å². The van der Waals surface area contributed by atoms with Gasteiger partial charge in [0, 0.05) is 0 Å². The zero-order valence-electron chi connectivity index (χ0n) is 5.71. The molecule has 2 atom stereocenters. The van der Waals surface area contributed by atoms with Crippen molar-refractivity contribution in [3.8, 4) is 0 Å². The molecule has 0 aliphatic heterocycles. The SMILES string of the molecule is O=C(O)[C@@]12CC=CC[C@H]1C2. The van der Waals surface area contributed by atoms with Crippen LogP contribution >= 0.6 is 0 Å². The van der Waals surface area contributed by atoms with Crippen LogP contribution in [0, 0.1) is 11.3 Å². The fourth-order valence-corrected chi connectivity index (χ4v) is 1.84. The summed E-state index contributed by atoms with van der Waals surface area (Å²) in [5.74, 6) is -0.142. The predicted molar refractivity (Wildman–Crippen MR) is 36.5 cm³/mol. The standard InChI is InChI=1S/C8H10O2/c9-7(10)8-4-2-1-3-6(8)5-8/h1-2,6H,3-5H2,(H,9,10)/t6-,8+/m0/s1. The van der Waals surface area contributed by atoms with E-state index in [-0.39, 0.29) is 5.41 Å². The maximum absolute atomic E-state index is 10.7. The molecule has 0 unspecified atom stereocenters. The lowest BCUT2D eigenvalue weighted by molar-refractivity contribution is -0.143. The van der Waals surface area contributed by atoms with E-state index < -0.39 is 5.97 Å². The van der Waals surface area contributed by atoms with Gasteiger partial charge in [-0.25, -0.2) is 0 Å². The number of rotatable bonds is 1. The van der Waals surface area contributed by atoms with Crippen LogP contribution < -0.4 is 0 Å². The largest absolute Gasteiger partial charge is 0.481 e. The maximum Gasteiger partial charge on any atom is 0.310 e. The molecule has 0 spiro atoms. The van der Waals surface area contributed by atoms with Gasteiger partial charge in [0.25, 0.3) is 0 Å². The molecule has 0 radical (unpaired) electrons. The zero-order valence-corrected chi connectivity index (χ0v) is 5.71. The third-order valence-electron chi connectivity index (χ3n) is 2.73. The van der Waals surface area contributed by atoms with E-state index in [1.54, 1.807) is 0 Å². The molecular weight excluding hydrogens is 128 g/mol. The van der Waals surface area contributed by atoms with Gasteiger partial charge in [-0.15, -0.1) is 0 Å². The quantitative estimate of drug-likeness (QED) is 0.556. The van der Waals surface area contributed by atoms with E-state index in [9.17, 15) is 4.79 Å². The zero-order chi connectivity index (χ0) is 7.19. The molecule has 2 heteroatoms. The first-order valence-electron chi connectivity index (χ1n) is 3.64. The van der Waals surface area contributed by atoms with Crippen LogP contribution in [0.1, 0.15) is 19.3 Å². The molecular formula is C8H10O2. The summed E-state index contributed by atoms with van der Waals surface area (Å²) >= 11 is 0. The highest BCUT2D eigenvalue weighted by Crippen LogP contribution is 2.59. The molecule has 2 aliphatic rings. The van der Waals surface area contributed by atoms with Crippen molar-refractivity contribution in [2.75, 3.05) is 0 Å². The summed E-state index contributed by atoms with van der Waals surface area (Å²) in [6.45, 7) is 0. The van der Waals surface area contributed by atoms with E-state index in [1.165, 1.54) is 0 Å². The van der Waals surface area contributed by atoms with Crippen LogP contribution in [0.3, 0.4) is 0 Å². The van der Waals surface area contributed by atoms with Gasteiger partial charge in [0.05, 0.1) is 5.41 Å². The van der Waals surface area contributed by atoms with Crippen molar-refractivity contribution >= 4 is 5.97 Å². The number of fused-ring (bicyclic) bond motifs is 1. The average molecular weight is 138 g/mol. The van der Waals surface area contributed by atoms with Gasteiger partial charge in [-0.1, -0.05) is 12.2 Å². The predicted octanol–water partition coefficient (Wildman–Crippen LogP) is 1.43. The molecule has 0 bridgehead atoms. The van der Waals surface area contributed by atoms with E-state index in [2.05, 4.69) is 6.08 Å². The Kier molecular flexibility index (Phi) is 0.967. The van der Waals surface area contributed by atoms with Crippen LogP contribution in [0.5, 0.6) is 0 Å². The van der Waals surface area contributed by atoms with Crippen LogP contribution in [0.4, 0.5) is 0 Å². The molecule has 0 amide bonds. The number of hydrogen-bond acceptors (Lipinski definition) is 1. The fraction of sp³-hybridized carbons (Fsp3) is 0.625. The summed E-state index contributed by atoms with van der Waals surface area (Å²) in [7, 11) is 0. The van der Waals surface area contributed by atoms with Crippen molar-refractivity contribution in [3.63, 3.8) is 0 Å². The highest BCUT2D eigenvalue weighted by Gasteiger charge is 2.59. The Morgan fingerprint density at radius 2 is 2.40 bits per heavy atom. The molecule has 0 heterocycles. The highest BCUT2D eigenvalue weighted by atomic mass is 16.4.